The molecule has 3 rings (SSSR count). The first-order valence-corrected chi connectivity index (χ1v) is 7.99. The van der Waals surface area contributed by atoms with Gasteiger partial charge >= 0.3 is 5.97 Å². The summed E-state index contributed by atoms with van der Waals surface area (Å²) in [5, 5.41) is 8.69. The molecule has 3 aromatic carbocycles. The van der Waals surface area contributed by atoms with E-state index in [1.165, 1.54) is 5.56 Å². The van der Waals surface area contributed by atoms with E-state index in [9.17, 15) is 4.79 Å². The van der Waals surface area contributed by atoms with E-state index < -0.39 is 5.97 Å². The van der Waals surface area contributed by atoms with Crippen molar-refractivity contribution in [1.29, 1.82) is 0 Å². The Labute approximate surface area is 146 Å². The predicted molar refractivity (Wildman–Crippen MR) is 99.3 cm³/mol. The van der Waals surface area contributed by atoms with Crippen LogP contribution in [0.5, 0.6) is 5.75 Å². The number of rotatable bonds is 6. The van der Waals surface area contributed by atoms with E-state index in [2.05, 4.69) is 12.1 Å². The van der Waals surface area contributed by atoms with E-state index in [1.807, 2.05) is 66.7 Å². The highest BCUT2D eigenvalue weighted by Gasteiger charge is 2.00. The van der Waals surface area contributed by atoms with Crippen molar-refractivity contribution in [3.05, 3.63) is 96.1 Å². The maximum atomic E-state index is 10.6. The van der Waals surface area contributed by atoms with Crippen LogP contribution in [-0.2, 0) is 11.4 Å². The molecular formula is C22H18O3. The molecule has 0 heterocycles. The highest BCUT2D eigenvalue weighted by molar-refractivity contribution is 5.85. The Morgan fingerprint density at radius 1 is 0.880 bits per heavy atom. The zero-order valence-electron chi connectivity index (χ0n) is 13.6. The summed E-state index contributed by atoms with van der Waals surface area (Å²) in [4.78, 5) is 10.6. The van der Waals surface area contributed by atoms with Crippen molar-refractivity contribution in [3.63, 3.8) is 0 Å². The second kappa shape index (κ2) is 7.97. The monoisotopic (exact) mass is 330 g/mol. The Balaban J connectivity index is 1.64. The number of hydrogen-bond donors (Lipinski definition) is 1. The van der Waals surface area contributed by atoms with Gasteiger partial charge in [-0.2, -0.15) is 0 Å². The van der Waals surface area contributed by atoms with Crippen LogP contribution < -0.4 is 4.74 Å². The van der Waals surface area contributed by atoms with E-state index in [-0.39, 0.29) is 0 Å². The fourth-order valence-corrected chi connectivity index (χ4v) is 2.49. The molecule has 0 aliphatic carbocycles. The number of hydrogen-bond acceptors (Lipinski definition) is 2. The van der Waals surface area contributed by atoms with E-state index >= 15 is 0 Å². The molecule has 0 bridgehead atoms. The molecule has 25 heavy (non-hydrogen) atoms. The summed E-state index contributed by atoms with van der Waals surface area (Å²) in [6.45, 7) is 0.430. The minimum atomic E-state index is -0.958. The molecule has 0 radical (unpaired) electrons. The minimum Gasteiger partial charge on any atom is -0.489 e. The molecule has 0 aromatic heterocycles. The Bertz CT molecular complexity index is 865. The fourth-order valence-electron chi connectivity index (χ4n) is 2.49. The van der Waals surface area contributed by atoms with Crippen molar-refractivity contribution in [1.82, 2.24) is 0 Å². The van der Waals surface area contributed by atoms with Crippen molar-refractivity contribution >= 4 is 12.0 Å². The maximum absolute atomic E-state index is 10.6. The molecule has 0 aliphatic rings. The van der Waals surface area contributed by atoms with Gasteiger partial charge in [0.25, 0.3) is 0 Å². The van der Waals surface area contributed by atoms with Crippen LogP contribution in [0.3, 0.4) is 0 Å². The van der Waals surface area contributed by atoms with Gasteiger partial charge in [-0.05, 0) is 46.5 Å². The van der Waals surface area contributed by atoms with E-state index in [0.29, 0.717) is 6.61 Å². The Morgan fingerprint density at radius 3 is 2.32 bits per heavy atom. The second-order valence-corrected chi connectivity index (χ2v) is 5.60. The molecule has 0 aliphatic heterocycles. The third-order valence-corrected chi connectivity index (χ3v) is 3.74. The predicted octanol–water partition coefficient (Wildman–Crippen LogP) is 5.03. The van der Waals surface area contributed by atoms with Gasteiger partial charge in [0, 0.05) is 6.08 Å². The molecule has 0 saturated heterocycles. The van der Waals surface area contributed by atoms with E-state index in [0.717, 1.165) is 28.5 Å². The van der Waals surface area contributed by atoms with Gasteiger partial charge < -0.3 is 9.84 Å². The van der Waals surface area contributed by atoms with Crippen LogP contribution in [0.1, 0.15) is 11.1 Å². The van der Waals surface area contributed by atoms with Crippen LogP contribution in [0, 0.1) is 0 Å². The van der Waals surface area contributed by atoms with Gasteiger partial charge in [0.15, 0.2) is 0 Å². The lowest BCUT2D eigenvalue weighted by Gasteiger charge is -2.08. The lowest BCUT2D eigenvalue weighted by atomic mass is 10.1. The fraction of sp³-hybridized carbons (Fsp3) is 0.0455. The lowest BCUT2D eigenvalue weighted by molar-refractivity contribution is -0.131. The van der Waals surface area contributed by atoms with Gasteiger partial charge in [-0.15, -0.1) is 0 Å². The molecule has 0 amide bonds. The summed E-state index contributed by atoms with van der Waals surface area (Å²) >= 11 is 0. The normalized spacial score (nSPS) is 10.7. The first-order chi connectivity index (χ1) is 12.2. The molecule has 124 valence electrons. The summed E-state index contributed by atoms with van der Waals surface area (Å²) in [6.07, 6.45) is 2.70. The van der Waals surface area contributed by atoms with Crippen LogP contribution in [0.2, 0.25) is 0 Å². The quantitative estimate of drug-likeness (QED) is 0.645. The second-order valence-electron chi connectivity index (χ2n) is 5.60. The largest absolute Gasteiger partial charge is 0.489 e. The smallest absolute Gasteiger partial charge is 0.328 e. The number of carbonyl (C=O) groups is 1. The van der Waals surface area contributed by atoms with Crippen molar-refractivity contribution in [3.8, 4) is 16.9 Å². The van der Waals surface area contributed by atoms with Gasteiger partial charge in [0.2, 0.25) is 0 Å². The first kappa shape index (κ1) is 16.5. The average molecular weight is 330 g/mol. The van der Waals surface area contributed by atoms with Gasteiger partial charge in [-0.3, -0.25) is 0 Å². The molecule has 3 nitrogen and oxygen atoms in total. The number of ether oxygens (including phenoxy) is 1. The molecule has 0 unspecified atom stereocenters. The highest BCUT2D eigenvalue weighted by atomic mass is 16.5. The first-order valence-electron chi connectivity index (χ1n) is 7.99. The maximum Gasteiger partial charge on any atom is 0.328 e. The number of carboxylic acid groups (broad SMARTS) is 1. The zero-order chi connectivity index (χ0) is 17.5. The molecule has 3 aromatic rings. The summed E-state index contributed by atoms with van der Waals surface area (Å²) in [5.41, 5.74) is 4.14. The van der Waals surface area contributed by atoms with Crippen LogP contribution in [0.15, 0.2) is 84.9 Å². The summed E-state index contributed by atoms with van der Waals surface area (Å²) < 4.78 is 5.82. The van der Waals surface area contributed by atoms with Gasteiger partial charge in [-0.1, -0.05) is 60.7 Å². The van der Waals surface area contributed by atoms with E-state index in [4.69, 9.17) is 9.84 Å². The summed E-state index contributed by atoms with van der Waals surface area (Å²) in [5.74, 6) is -0.161. The SMILES string of the molecule is O=C(O)C=Cc1cccc(COc2ccc(-c3ccccc3)cc2)c1. The van der Waals surface area contributed by atoms with Gasteiger partial charge in [0.1, 0.15) is 12.4 Å². The number of carboxylic acids is 1. The molecule has 0 atom stereocenters. The third kappa shape index (κ3) is 4.82. The minimum absolute atomic E-state index is 0.430. The Hall–Kier alpha value is -3.33. The van der Waals surface area contributed by atoms with Crippen LogP contribution >= 0.6 is 0 Å². The molecule has 0 fully saturated rings. The standard InChI is InChI=1S/C22H18O3/c23-22(24)14-9-17-5-4-6-18(15-17)16-25-21-12-10-20(11-13-21)19-7-2-1-3-8-19/h1-15H,16H2,(H,23,24). The molecule has 0 spiro atoms. The van der Waals surface area contributed by atoms with E-state index in [1.54, 1.807) is 6.08 Å². The topological polar surface area (TPSA) is 46.5 Å². The Kier molecular flexibility index (Phi) is 5.27. The molecule has 1 N–H and O–H groups in total. The third-order valence-electron chi connectivity index (χ3n) is 3.74. The molecule has 3 heteroatoms. The van der Waals surface area contributed by atoms with Crippen LogP contribution in [-0.4, -0.2) is 11.1 Å². The van der Waals surface area contributed by atoms with Crippen molar-refractivity contribution in [2.24, 2.45) is 0 Å². The Morgan fingerprint density at radius 2 is 1.60 bits per heavy atom. The van der Waals surface area contributed by atoms with Crippen LogP contribution in [0.4, 0.5) is 0 Å². The van der Waals surface area contributed by atoms with Gasteiger partial charge in [0.05, 0.1) is 0 Å². The zero-order valence-corrected chi connectivity index (χ0v) is 13.6. The number of benzene rings is 3. The number of aliphatic carboxylic acids is 1. The highest BCUT2D eigenvalue weighted by Crippen LogP contribution is 2.22. The molecule has 0 saturated carbocycles. The summed E-state index contributed by atoms with van der Waals surface area (Å²) in [6, 6.07) is 25.8. The van der Waals surface area contributed by atoms with Crippen molar-refractivity contribution < 1.29 is 14.6 Å². The van der Waals surface area contributed by atoms with Crippen molar-refractivity contribution in [2.75, 3.05) is 0 Å². The average Bonchev–Trinajstić information content (AvgIpc) is 2.66. The summed E-state index contributed by atoms with van der Waals surface area (Å²) in [7, 11) is 0. The van der Waals surface area contributed by atoms with Gasteiger partial charge in [-0.25, -0.2) is 4.79 Å². The van der Waals surface area contributed by atoms with Crippen molar-refractivity contribution in [2.45, 2.75) is 6.61 Å². The van der Waals surface area contributed by atoms with Crippen LogP contribution in [0.25, 0.3) is 17.2 Å². The molecular weight excluding hydrogens is 312 g/mol. The lowest BCUT2D eigenvalue weighted by Crippen LogP contribution is -1.95.